The summed E-state index contributed by atoms with van der Waals surface area (Å²) in [6, 6.07) is 11.5. The lowest BCUT2D eigenvalue weighted by Gasteiger charge is -2.12. The third kappa shape index (κ3) is 5.92. The molecule has 0 unspecified atom stereocenters. The Bertz CT molecular complexity index is 980. The van der Waals surface area contributed by atoms with E-state index in [1.54, 1.807) is 22.2 Å². The SMILES string of the molecule is CCOc1cc(/C=N\NC(=O)Cn2nc(C)cc2C)ccc1OCc1cccs1. The Morgan fingerprint density at radius 1 is 1.24 bits per heavy atom. The molecule has 1 N–H and O–H groups in total. The highest BCUT2D eigenvalue weighted by Crippen LogP contribution is 2.29. The van der Waals surface area contributed by atoms with E-state index in [1.807, 2.05) is 62.5 Å². The third-order valence-corrected chi connectivity index (χ3v) is 4.87. The Kier molecular flexibility index (Phi) is 7.02. The van der Waals surface area contributed by atoms with Crippen molar-refractivity contribution in [3.8, 4) is 11.5 Å². The quantitative estimate of drug-likeness (QED) is 0.429. The van der Waals surface area contributed by atoms with Crippen LogP contribution in [-0.2, 0) is 17.9 Å². The molecule has 0 aliphatic heterocycles. The molecular weight excluding hydrogens is 388 g/mol. The lowest BCUT2D eigenvalue weighted by atomic mass is 10.2. The van der Waals surface area contributed by atoms with Crippen molar-refractivity contribution in [1.82, 2.24) is 15.2 Å². The van der Waals surface area contributed by atoms with Gasteiger partial charge in [0.1, 0.15) is 13.2 Å². The average molecular weight is 413 g/mol. The molecule has 0 saturated carbocycles. The van der Waals surface area contributed by atoms with Gasteiger partial charge in [0.15, 0.2) is 11.5 Å². The van der Waals surface area contributed by atoms with Gasteiger partial charge in [-0.2, -0.15) is 10.2 Å². The van der Waals surface area contributed by atoms with Gasteiger partial charge in [0.25, 0.3) is 5.91 Å². The number of ether oxygens (including phenoxy) is 2. The molecule has 8 heteroatoms. The van der Waals surface area contributed by atoms with E-state index < -0.39 is 0 Å². The molecule has 7 nitrogen and oxygen atoms in total. The lowest BCUT2D eigenvalue weighted by molar-refractivity contribution is -0.121. The van der Waals surface area contributed by atoms with Crippen molar-refractivity contribution in [3.05, 3.63) is 63.6 Å². The maximum Gasteiger partial charge on any atom is 0.261 e. The fourth-order valence-electron chi connectivity index (χ4n) is 2.72. The van der Waals surface area contributed by atoms with Gasteiger partial charge in [-0.15, -0.1) is 11.3 Å². The van der Waals surface area contributed by atoms with Crippen LogP contribution in [0.15, 0.2) is 46.9 Å². The number of hydrogen-bond acceptors (Lipinski definition) is 6. The van der Waals surface area contributed by atoms with Gasteiger partial charge in [0.2, 0.25) is 0 Å². The first-order valence-corrected chi connectivity index (χ1v) is 10.2. The van der Waals surface area contributed by atoms with Crippen LogP contribution in [0.1, 0.15) is 28.8 Å². The number of nitrogens with one attached hydrogen (secondary N) is 1. The molecule has 2 heterocycles. The van der Waals surface area contributed by atoms with Crippen molar-refractivity contribution < 1.29 is 14.3 Å². The number of thiophene rings is 1. The average Bonchev–Trinajstić information content (AvgIpc) is 3.31. The van der Waals surface area contributed by atoms with Crippen molar-refractivity contribution in [2.24, 2.45) is 5.10 Å². The van der Waals surface area contributed by atoms with Crippen molar-refractivity contribution in [2.45, 2.75) is 33.9 Å². The summed E-state index contributed by atoms with van der Waals surface area (Å²) in [6.45, 7) is 6.86. The van der Waals surface area contributed by atoms with Gasteiger partial charge in [-0.1, -0.05) is 6.07 Å². The predicted octanol–water partition coefficient (Wildman–Crippen LogP) is 3.69. The summed E-state index contributed by atoms with van der Waals surface area (Å²) in [4.78, 5) is 13.2. The first-order chi connectivity index (χ1) is 14.0. The molecule has 0 aliphatic carbocycles. The topological polar surface area (TPSA) is 77.7 Å². The maximum absolute atomic E-state index is 12.1. The summed E-state index contributed by atoms with van der Waals surface area (Å²) in [5.74, 6) is 1.07. The molecule has 0 aliphatic rings. The number of hydrogen-bond donors (Lipinski definition) is 1. The zero-order valence-corrected chi connectivity index (χ0v) is 17.5. The highest BCUT2D eigenvalue weighted by Gasteiger charge is 2.08. The number of carbonyl (C=O) groups excluding carboxylic acids is 1. The molecule has 152 valence electrons. The van der Waals surface area contributed by atoms with Gasteiger partial charge in [-0.3, -0.25) is 9.48 Å². The molecule has 0 spiro atoms. The Hall–Kier alpha value is -3.13. The van der Waals surface area contributed by atoms with Crippen LogP contribution < -0.4 is 14.9 Å². The lowest BCUT2D eigenvalue weighted by Crippen LogP contribution is -2.24. The molecule has 0 atom stereocenters. The van der Waals surface area contributed by atoms with E-state index >= 15 is 0 Å². The van der Waals surface area contributed by atoms with Crippen molar-refractivity contribution in [1.29, 1.82) is 0 Å². The minimum atomic E-state index is -0.242. The van der Waals surface area contributed by atoms with E-state index in [0.29, 0.717) is 24.7 Å². The van der Waals surface area contributed by atoms with Gasteiger partial charge < -0.3 is 9.47 Å². The summed E-state index contributed by atoms with van der Waals surface area (Å²) < 4.78 is 13.2. The minimum Gasteiger partial charge on any atom is -0.490 e. The smallest absolute Gasteiger partial charge is 0.261 e. The van der Waals surface area contributed by atoms with Crippen LogP contribution in [0.5, 0.6) is 11.5 Å². The van der Waals surface area contributed by atoms with E-state index in [4.69, 9.17) is 9.47 Å². The molecule has 2 aromatic heterocycles. The van der Waals surface area contributed by atoms with Crippen molar-refractivity contribution >= 4 is 23.5 Å². The second-order valence-electron chi connectivity index (χ2n) is 6.39. The maximum atomic E-state index is 12.1. The Morgan fingerprint density at radius 3 is 2.79 bits per heavy atom. The molecule has 3 aromatic rings. The fourth-order valence-corrected chi connectivity index (χ4v) is 3.34. The molecule has 0 fully saturated rings. The molecule has 29 heavy (non-hydrogen) atoms. The van der Waals surface area contributed by atoms with Gasteiger partial charge in [-0.05, 0) is 62.0 Å². The molecule has 1 amide bonds. The van der Waals surface area contributed by atoms with Crippen LogP contribution in [0.4, 0.5) is 0 Å². The second-order valence-corrected chi connectivity index (χ2v) is 7.42. The monoisotopic (exact) mass is 412 g/mol. The normalized spacial score (nSPS) is 11.0. The van der Waals surface area contributed by atoms with Gasteiger partial charge in [0.05, 0.1) is 18.5 Å². The van der Waals surface area contributed by atoms with E-state index in [1.165, 1.54) is 0 Å². The Balaban J connectivity index is 1.59. The van der Waals surface area contributed by atoms with Crippen LogP contribution >= 0.6 is 11.3 Å². The van der Waals surface area contributed by atoms with E-state index in [2.05, 4.69) is 15.6 Å². The molecular formula is C21H24N4O3S. The summed E-state index contributed by atoms with van der Waals surface area (Å²) in [5.41, 5.74) is 5.13. The molecule has 3 rings (SSSR count). The number of hydrazone groups is 1. The van der Waals surface area contributed by atoms with Crippen LogP contribution in [-0.4, -0.2) is 28.5 Å². The van der Waals surface area contributed by atoms with Crippen LogP contribution in [0.25, 0.3) is 0 Å². The minimum absolute atomic E-state index is 0.122. The Labute approximate surface area is 174 Å². The number of amides is 1. The molecule has 1 aromatic carbocycles. The first-order valence-electron chi connectivity index (χ1n) is 9.30. The largest absolute Gasteiger partial charge is 0.490 e. The van der Waals surface area contributed by atoms with Crippen molar-refractivity contribution in [2.75, 3.05) is 6.61 Å². The van der Waals surface area contributed by atoms with Gasteiger partial charge in [-0.25, -0.2) is 5.43 Å². The molecule has 0 bridgehead atoms. The number of rotatable bonds is 9. The van der Waals surface area contributed by atoms with E-state index in [0.717, 1.165) is 21.8 Å². The number of carbonyl (C=O) groups is 1. The Morgan fingerprint density at radius 2 is 2.10 bits per heavy atom. The summed E-state index contributed by atoms with van der Waals surface area (Å²) in [5, 5.41) is 10.3. The fraction of sp³-hybridized carbons (Fsp3) is 0.286. The predicted molar refractivity (Wildman–Crippen MR) is 114 cm³/mol. The third-order valence-electron chi connectivity index (χ3n) is 4.02. The van der Waals surface area contributed by atoms with Crippen LogP contribution in [0.3, 0.4) is 0 Å². The van der Waals surface area contributed by atoms with E-state index in [-0.39, 0.29) is 12.5 Å². The summed E-state index contributed by atoms with van der Waals surface area (Å²) >= 11 is 1.65. The standard InChI is InChI=1S/C21H24N4O3S/c1-4-27-20-11-17(7-8-19(20)28-14-18-6-5-9-29-18)12-22-23-21(26)13-25-16(3)10-15(2)24-25/h5-12H,4,13-14H2,1-3H3,(H,23,26)/b22-12-. The van der Waals surface area contributed by atoms with Crippen LogP contribution in [0.2, 0.25) is 0 Å². The van der Waals surface area contributed by atoms with Crippen molar-refractivity contribution in [3.63, 3.8) is 0 Å². The second kappa shape index (κ2) is 9.88. The van der Waals surface area contributed by atoms with Gasteiger partial charge >= 0.3 is 0 Å². The van der Waals surface area contributed by atoms with Gasteiger partial charge in [0, 0.05) is 10.6 Å². The zero-order chi connectivity index (χ0) is 20.6. The van der Waals surface area contributed by atoms with Crippen LogP contribution in [0, 0.1) is 13.8 Å². The van der Waals surface area contributed by atoms with E-state index in [9.17, 15) is 4.79 Å². The molecule has 0 radical (unpaired) electrons. The highest BCUT2D eigenvalue weighted by atomic mass is 32.1. The zero-order valence-electron chi connectivity index (χ0n) is 16.7. The number of benzene rings is 1. The summed E-state index contributed by atoms with van der Waals surface area (Å²) in [7, 11) is 0. The number of aromatic nitrogens is 2. The highest BCUT2D eigenvalue weighted by molar-refractivity contribution is 7.09. The number of aryl methyl sites for hydroxylation is 2. The number of nitrogens with zero attached hydrogens (tertiary/aromatic N) is 3. The molecule has 0 saturated heterocycles. The first kappa shape index (κ1) is 20.6. The summed E-state index contributed by atoms with van der Waals surface area (Å²) in [6.07, 6.45) is 1.57.